The molecule has 1 aliphatic heterocycles. The lowest BCUT2D eigenvalue weighted by Crippen LogP contribution is -2.12. The van der Waals surface area contributed by atoms with E-state index in [2.05, 4.69) is 10.6 Å². The second kappa shape index (κ2) is 6.07. The summed E-state index contributed by atoms with van der Waals surface area (Å²) >= 11 is 5.87. The quantitative estimate of drug-likeness (QED) is 0.912. The first-order valence-electron chi connectivity index (χ1n) is 6.73. The van der Waals surface area contributed by atoms with Gasteiger partial charge in [-0.3, -0.25) is 4.79 Å². The lowest BCUT2D eigenvalue weighted by Gasteiger charge is -2.10. The molecule has 22 heavy (non-hydrogen) atoms. The molecule has 2 amide bonds. The lowest BCUT2D eigenvalue weighted by molar-refractivity contribution is 0.102. The maximum absolute atomic E-state index is 12.1. The third-order valence-electron chi connectivity index (χ3n) is 3.31. The molecule has 0 spiro atoms. The van der Waals surface area contributed by atoms with Gasteiger partial charge in [0, 0.05) is 16.3 Å². The highest BCUT2D eigenvalue weighted by molar-refractivity contribution is 6.31. The number of nitrogens with one attached hydrogen (secondary N) is 2. The van der Waals surface area contributed by atoms with Crippen molar-refractivity contribution < 1.29 is 14.3 Å². The number of carbonyl (C=O) groups is 2. The average molecular weight is 317 g/mol. The van der Waals surface area contributed by atoms with Crippen LogP contribution in [0.5, 0.6) is 0 Å². The Kier molecular flexibility index (Phi) is 3.98. The topological polar surface area (TPSA) is 67.4 Å². The molecular formula is C16H13ClN2O3. The summed E-state index contributed by atoms with van der Waals surface area (Å²) in [5.41, 5.74) is 2.02. The van der Waals surface area contributed by atoms with Crippen molar-refractivity contribution in [2.75, 3.05) is 11.9 Å². The van der Waals surface area contributed by atoms with Gasteiger partial charge < -0.3 is 15.4 Å². The molecule has 2 N–H and O–H groups in total. The molecule has 0 radical (unpaired) electrons. The summed E-state index contributed by atoms with van der Waals surface area (Å²) in [5.74, 6) is -0.232. The third kappa shape index (κ3) is 3.20. The van der Waals surface area contributed by atoms with Gasteiger partial charge in [0.05, 0.1) is 6.54 Å². The zero-order chi connectivity index (χ0) is 15.5. The minimum absolute atomic E-state index is 0.232. The summed E-state index contributed by atoms with van der Waals surface area (Å²) in [6, 6.07) is 13.9. The molecule has 1 aliphatic rings. The van der Waals surface area contributed by atoms with Gasteiger partial charge in [0.2, 0.25) is 0 Å². The van der Waals surface area contributed by atoms with Crippen LogP contribution in [0.2, 0.25) is 5.02 Å². The van der Waals surface area contributed by atoms with Crippen LogP contribution in [-0.2, 0) is 4.74 Å². The fourth-order valence-corrected chi connectivity index (χ4v) is 2.38. The second-order valence-electron chi connectivity index (χ2n) is 4.86. The van der Waals surface area contributed by atoms with Crippen LogP contribution in [0.25, 0.3) is 0 Å². The van der Waals surface area contributed by atoms with Crippen molar-refractivity contribution >= 4 is 29.3 Å². The number of hydrogen-bond donors (Lipinski definition) is 2. The maximum atomic E-state index is 12.1. The summed E-state index contributed by atoms with van der Waals surface area (Å²) in [5, 5.41) is 5.90. The minimum atomic E-state index is -0.414. The number of benzene rings is 2. The SMILES string of the molecule is O=C1NCC(c2ccc(NC(=O)c3cccc(Cl)c3)cc2)O1. The molecule has 5 nitrogen and oxygen atoms in total. The number of carbonyl (C=O) groups excluding carboxylic acids is 2. The average Bonchev–Trinajstić information content (AvgIpc) is 2.94. The number of halogens is 1. The highest BCUT2D eigenvalue weighted by Gasteiger charge is 2.23. The Balaban J connectivity index is 1.68. The zero-order valence-corrected chi connectivity index (χ0v) is 12.3. The van der Waals surface area contributed by atoms with E-state index >= 15 is 0 Å². The summed E-state index contributed by atoms with van der Waals surface area (Å²) in [7, 11) is 0. The van der Waals surface area contributed by atoms with Crippen molar-refractivity contribution in [3.05, 3.63) is 64.7 Å². The van der Waals surface area contributed by atoms with E-state index in [0.717, 1.165) is 5.56 Å². The van der Waals surface area contributed by atoms with Crippen LogP contribution in [0, 0.1) is 0 Å². The number of rotatable bonds is 3. The highest BCUT2D eigenvalue weighted by Crippen LogP contribution is 2.22. The number of alkyl carbamates (subject to hydrolysis) is 1. The Hall–Kier alpha value is -2.53. The molecule has 1 atom stereocenters. The van der Waals surface area contributed by atoms with Crippen molar-refractivity contribution in [2.24, 2.45) is 0 Å². The van der Waals surface area contributed by atoms with Crippen LogP contribution in [0.15, 0.2) is 48.5 Å². The molecule has 2 aromatic carbocycles. The number of ether oxygens (including phenoxy) is 1. The molecule has 6 heteroatoms. The summed E-state index contributed by atoms with van der Waals surface area (Å²) in [4.78, 5) is 23.1. The predicted molar refractivity (Wildman–Crippen MR) is 83.1 cm³/mol. The van der Waals surface area contributed by atoms with Crippen molar-refractivity contribution in [3.63, 3.8) is 0 Å². The molecular weight excluding hydrogens is 304 g/mol. The predicted octanol–water partition coefficient (Wildman–Crippen LogP) is 3.37. The van der Waals surface area contributed by atoms with E-state index in [1.54, 1.807) is 36.4 Å². The first-order valence-corrected chi connectivity index (χ1v) is 7.11. The zero-order valence-electron chi connectivity index (χ0n) is 11.5. The van der Waals surface area contributed by atoms with Crippen molar-refractivity contribution in [1.29, 1.82) is 0 Å². The van der Waals surface area contributed by atoms with E-state index in [-0.39, 0.29) is 12.0 Å². The van der Waals surface area contributed by atoms with Crippen LogP contribution in [0.1, 0.15) is 22.0 Å². The third-order valence-corrected chi connectivity index (χ3v) is 3.54. The normalized spacial score (nSPS) is 16.8. The summed E-state index contributed by atoms with van der Waals surface area (Å²) < 4.78 is 5.10. The molecule has 0 aliphatic carbocycles. The Bertz CT molecular complexity index is 716. The van der Waals surface area contributed by atoms with Gasteiger partial charge >= 0.3 is 6.09 Å². The smallest absolute Gasteiger partial charge is 0.407 e. The van der Waals surface area contributed by atoms with Crippen molar-refractivity contribution in [2.45, 2.75) is 6.10 Å². The van der Waals surface area contributed by atoms with E-state index < -0.39 is 6.09 Å². The summed E-state index contributed by atoms with van der Waals surface area (Å²) in [6.07, 6.45) is -0.700. The van der Waals surface area contributed by atoms with Gasteiger partial charge in [-0.2, -0.15) is 0 Å². The Morgan fingerprint density at radius 1 is 1.23 bits per heavy atom. The summed E-state index contributed by atoms with van der Waals surface area (Å²) in [6.45, 7) is 0.451. The fourth-order valence-electron chi connectivity index (χ4n) is 2.19. The highest BCUT2D eigenvalue weighted by atomic mass is 35.5. The lowest BCUT2D eigenvalue weighted by atomic mass is 10.1. The minimum Gasteiger partial charge on any atom is -0.439 e. The van der Waals surface area contributed by atoms with Gasteiger partial charge in [0.1, 0.15) is 6.10 Å². The largest absolute Gasteiger partial charge is 0.439 e. The van der Waals surface area contributed by atoms with E-state index in [4.69, 9.17) is 16.3 Å². The number of amides is 2. The first-order chi connectivity index (χ1) is 10.6. The van der Waals surface area contributed by atoms with Crippen molar-refractivity contribution in [3.8, 4) is 0 Å². The fraction of sp³-hybridized carbons (Fsp3) is 0.125. The van der Waals surface area contributed by atoms with Gasteiger partial charge in [0.15, 0.2) is 0 Å². The monoisotopic (exact) mass is 316 g/mol. The molecule has 3 rings (SSSR count). The van der Waals surface area contributed by atoms with Gasteiger partial charge in [-0.1, -0.05) is 29.8 Å². The van der Waals surface area contributed by atoms with Crippen LogP contribution < -0.4 is 10.6 Å². The van der Waals surface area contributed by atoms with Gasteiger partial charge in [0.25, 0.3) is 5.91 Å². The van der Waals surface area contributed by atoms with Crippen LogP contribution in [-0.4, -0.2) is 18.5 Å². The molecule has 2 aromatic rings. The molecule has 1 unspecified atom stereocenters. The van der Waals surface area contributed by atoms with Crippen LogP contribution in [0.4, 0.5) is 10.5 Å². The molecule has 1 fully saturated rings. The Labute approximate surface area is 132 Å². The molecule has 0 aromatic heterocycles. The van der Waals surface area contributed by atoms with Gasteiger partial charge in [-0.25, -0.2) is 4.79 Å². The maximum Gasteiger partial charge on any atom is 0.407 e. The van der Waals surface area contributed by atoms with Crippen LogP contribution >= 0.6 is 11.6 Å². The first kappa shape index (κ1) is 14.4. The number of anilines is 1. The van der Waals surface area contributed by atoms with Gasteiger partial charge in [-0.15, -0.1) is 0 Å². The molecule has 1 heterocycles. The van der Waals surface area contributed by atoms with Crippen LogP contribution in [0.3, 0.4) is 0 Å². The molecule has 0 bridgehead atoms. The van der Waals surface area contributed by atoms with E-state index in [0.29, 0.717) is 22.8 Å². The Morgan fingerprint density at radius 2 is 2.00 bits per heavy atom. The molecule has 1 saturated heterocycles. The number of cyclic esters (lactones) is 1. The second-order valence-corrected chi connectivity index (χ2v) is 5.30. The Morgan fingerprint density at radius 3 is 2.64 bits per heavy atom. The molecule has 0 saturated carbocycles. The van der Waals surface area contributed by atoms with E-state index in [1.165, 1.54) is 0 Å². The van der Waals surface area contributed by atoms with Crippen molar-refractivity contribution in [1.82, 2.24) is 5.32 Å². The number of hydrogen-bond acceptors (Lipinski definition) is 3. The van der Waals surface area contributed by atoms with E-state index in [1.807, 2.05) is 12.1 Å². The molecule has 112 valence electrons. The standard InChI is InChI=1S/C16H13ClN2O3/c17-12-3-1-2-11(8-12)15(20)19-13-6-4-10(5-7-13)14-9-18-16(21)22-14/h1-8,14H,9H2,(H,18,21)(H,19,20). The van der Waals surface area contributed by atoms with Gasteiger partial charge in [-0.05, 0) is 35.9 Å². The van der Waals surface area contributed by atoms with E-state index in [9.17, 15) is 9.59 Å².